The van der Waals surface area contributed by atoms with Gasteiger partial charge in [-0.25, -0.2) is 4.39 Å². The van der Waals surface area contributed by atoms with E-state index in [0.29, 0.717) is 75.3 Å². The molecule has 8 rings (SSSR count). The van der Waals surface area contributed by atoms with E-state index < -0.39 is 29.7 Å². The van der Waals surface area contributed by atoms with Crippen LogP contribution in [0, 0.1) is 17.7 Å². The molecule has 65 heavy (non-hydrogen) atoms. The molecule has 4 heterocycles. The van der Waals surface area contributed by atoms with Crippen LogP contribution in [0.3, 0.4) is 0 Å². The third-order valence-corrected chi connectivity index (χ3v) is 13.2. The Kier molecular flexibility index (Phi) is 14.4. The second-order valence-corrected chi connectivity index (χ2v) is 17.3. The first-order valence-electron chi connectivity index (χ1n) is 22.7. The molecule has 0 bridgehead atoms. The first-order chi connectivity index (χ1) is 31.5. The standard InChI is InChI=1S/C49H55FN6O9/c1-30(31-5-7-32(8-6-31)37-17-21-51-40-14-9-33(50)29-39(37)40)46(59)53-34-10-12-35(13-11-34)65-36-18-23-55(24-19-36)44(58)20-25-63-27-28-64-26-22-52-41-4-2-3-38-45(41)49(62)56(48(38)61)42-15-16-43(57)54-47(42)60/h2-4,9-14,17,21,29-32,36,42,52H,5-8,15-16,18-20,22-28H2,1H3,(H,53,59)(H,54,57,60)/t30-,31?,32?,42?/m1/s1. The number of imide groups is 2. The molecule has 3 aliphatic heterocycles. The Hall–Kier alpha value is -6.26. The third kappa shape index (κ3) is 10.7. The number of carbonyl (C=O) groups excluding carboxylic acids is 6. The third-order valence-electron chi connectivity index (χ3n) is 13.2. The van der Waals surface area contributed by atoms with Gasteiger partial charge in [0.15, 0.2) is 0 Å². The van der Waals surface area contributed by atoms with E-state index in [9.17, 15) is 33.2 Å². The predicted molar refractivity (Wildman–Crippen MR) is 239 cm³/mol. The molecule has 1 saturated carbocycles. The van der Waals surface area contributed by atoms with E-state index in [1.54, 1.807) is 36.5 Å². The second-order valence-electron chi connectivity index (χ2n) is 17.3. The van der Waals surface area contributed by atoms with Gasteiger partial charge in [-0.15, -0.1) is 0 Å². The Morgan fingerprint density at radius 1 is 0.862 bits per heavy atom. The average molecular weight is 891 g/mol. The molecule has 15 nitrogen and oxygen atoms in total. The van der Waals surface area contributed by atoms with E-state index in [4.69, 9.17) is 14.2 Å². The van der Waals surface area contributed by atoms with Crippen molar-refractivity contribution < 1.29 is 47.4 Å². The number of anilines is 2. The fourth-order valence-electron chi connectivity index (χ4n) is 9.49. The Morgan fingerprint density at radius 2 is 1.62 bits per heavy atom. The van der Waals surface area contributed by atoms with Gasteiger partial charge in [-0.1, -0.05) is 13.0 Å². The van der Waals surface area contributed by atoms with Crippen LogP contribution in [0.25, 0.3) is 10.9 Å². The molecule has 3 aromatic carbocycles. The van der Waals surface area contributed by atoms with Crippen molar-refractivity contribution in [1.82, 2.24) is 20.1 Å². The van der Waals surface area contributed by atoms with Gasteiger partial charge in [0.25, 0.3) is 11.8 Å². The number of fused-ring (bicyclic) bond motifs is 2. The summed E-state index contributed by atoms with van der Waals surface area (Å²) in [6.45, 7) is 4.68. The Labute approximate surface area is 376 Å². The summed E-state index contributed by atoms with van der Waals surface area (Å²) in [5.74, 6) is -1.32. The summed E-state index contributed by atoms with van der Waals surface area (Å²) in [6.07, 6.45) is 7.31. The second kappa shape index (κ2) is 20.7. The van der Waals surface area contributed by atoms with Crippen molar-refractivity contribution >= 4 is 57.7 Å². The summed E-state index contributed by atoms with van der Waals surface area (Å²) in [6, 6.07) is 18.0. The van der Waals surface area contributed by atoms with Crippen LogP contribution in [0.5, 0.6) is 5.75 Å². The number of rotatable bonds is 17. The molecule has 2 saturated heterocycles. The van der Waals surface area contributed by atoms with Crippen molar-refractivity contribution in [1.29, 1.82) is 0 Å². The number of ether oxygens (including phenoxy) is 3. The van der Waals surface area contributed by atoms with E-state index in [2.05, 4.69) is 20.9 Å². The Balaban J connectivity index is 0.673. The highest BCUT2D eigenvalue weighted by molar-refractivity contribution is 6.25. The maximum absolute atomic E-state index is 14.0. The highest BCUT2D eigenvalue weighted by atomic mass is 19.1. The van der Waals surface area contributed by atoms with Crippen molar-refractivity contribution in [3.8, 4) is 5.75 Å². The first kappa shape index (κ1) is 45.3. The monoisotopic (exact) mass is 890 g/mol. The lowest BCUT2D eigenvalue weighted by Gasteiger charge is -2.32. The number of hydrogen-bond acceptors (Lipinski definition) is 11. The maximum Gasteiger partial charge on any atom is 0.264 e. The molecule has 342 valence electrons. The van der Waals surface area contributed by atoms with Crippen LogP contribution in [-0.4, -0.2) is 108 Å². The molecule has 0 spiro atoms. The van der Waals surface area contributed by atoms with Gasteiger partial charge < -0.3 is 29.7 Å². The van der Waals surface area contributed by atoms with E-state index in [1.807, 2.05) is 42.2 Å². The number of nitrogens with one attached hydrogen (secondary N) is 3. The van der Waals surface area contributed by atoms with Crippen molar-refractivity contribution in [3.05, 3.63) is 95.4 Å². The number of nitrogens with zero attached hydrogens (tertiary/aromatic N) is 3. The van der Waals surface area contributed by atoms with E-state index in [-0.39, 0.29) is 72.6 Å². The van der Waals surface area contributed by atoms with Crippen LogP contribution in [-0.2, 0) is 28.7 Å². The van der Waals surface area contributed by atoms with Gasteiger partial charge in [-0.2, -0.15) is 0 Å². The van der Waals surface area contributed by atoms with E-state index in [0.717, 1.165) is 47.0 Å². The number of hydrogen-bond donors (Lipinski definition) is 3. The number of pyridine rings is 1. The zero-order valence-corrected chi connectivity index (χ0v) is 36.5. The summed E-state index contributed by atoms with van der Waals surface area (Å²) in [5.41, 5.74) is 3.50. The molecule has 16 heteroatoms. The summed E-state index contributed by atoms with van der Waals surface area (Å²) >= 11 is 0. The number of piperidine rings is 2. The number of likely N-dealkylation sites (tertiary alicyclic amines) is 1. The first-order valence-corrected chi connectivity index (χ1v) is 22.7. The van der Waals surface area contributed by atoms with Crippen LogP contribution in [0.4, 0.5) is 15.8 Å². The molecule has 4 aromatic rings. The molecule has 1 aliphatic carbocycles. The van der Waals surface area contributed by atoms with Gasteiger partial charge in [0, 0.05) is 67.8 Å². The molecule has 2 atom stereocenters. The van der Waals surface area contributed by atoms with Gasteiger partial charge >= 0.3 is 0 Å². The Morgan fingerprint density at radius 3 is 2.37 bits per heavy atom. The lowest BCUT2D eigenvalue weighted by Crippen LogP contribution is -2.54. The number of aromatic nitrogens is 1. The molecule has 1 unspecified atom stereocenters. The lowest BCUT2D eigenvalue weighted by atomic mass is 9.73. The molecule has 4 aliphatic rings. The summed E-state index contributed by atoms with van der Waals surface area (Å²) in [4.78, 5) is 83.6. The van der Waals surface area contributed by atoms with E-state index in [1.165, 1.54) is 6.07 Å². The quantitative estimate of drug-likeness (QED) is 0.0807. The smallest absolute Gasteiger partial charge is 0.264 e. The topological polar surface area (TPSA) is 186 Å². The largest absolute Gasteiger partial charge is 0.490 e. The molecule has 1 aromatic heterocycles. The minimum atomic E-state index is -1.03. The van der Waals surface area contributed by atoms with Crippen molar-refractivity contribution in [2.45, 2.75) is 82.8 Å². The number of carbonyl (C=O) groups is 6. The van der Waals surface area contributed by atoms with Crippen molar-refractivity contribution in [3.63, 3.8) is 0 Å². The van der Waals surface area contributed by atoms with Crippen LogP contribution in [0.15, 0.2) is 72.9 Å². The van der Waals surface area contributed by atoms with Crippen molar-refractivity contribution in [2.75, 3.05) is 56.7 Å². The summed E-state index contributed by atoms with van der Waals surface area (Å²) in [5, 5.41) is 9.29. The summed E-state index contributed by atoms with van der Waals surface area (Å²) in [7, 11) is 0. The van der Waals surface area contributed by atoms with Gasteiger partial charge in [0.1, 0.15) is 23.7 Å². The van der Waals surface area contributed by atoms with Gasteiger partial charge in [0.05, 0.1) is 49.5 Å². The fraction of sp³-hybridized carbons (Fsp3) is 0.449. The minimum absolute atomic E-state index is 0.00416. The summed E-state index contributed by atoms with van der Waals surface area (Å²) < 4.78 is 31.6. The molecular formula is C49H55FN6O9. The van der Waals surface area contributed by atoms with E-state index >= 15 is 0 Å². The fourth-order valence-corrected chi connectivity index (χ4v) is 9.49. The minimum Gasteiger partial charge on any atom is -0.490 e. The number of benzene rings is 3. The normalized spacial score (nSPS) is 20.7. The van der Waals surface area contributed by atoms with Crippen LogP contribution < -0.4 is 20.7 Å². The zero-order valence-electron chi connectivity index (χ0n) is 36.5. The van der Waals surface area contributed by atoms with Crippen LogP contribution >= 0.6 is 0 Å². The Bertz CT molecular complexity index is 2410. The predicted octanol–water partition coefficient (Wildman–Crippen LogP) is 6.23. The van der Waals surface area contributed by atoms with Crippen LogP contribution in [0.1, 0.15) is 96.9 Å². The lowest BCUT2D eigenvalue weighted by molar-refractivity contribution is -0.136. The van der Waals surface area contributed by atoms with Gasteiger partial charge in [-0.3, -0.25) is 44.0 Å². The maximum atomic E-state index is 14.0. The van der Waals surface area contributed by atoms with Crippen LogP contribution in [0.2, 0.25) is 0 Å². The molecule has 6 amide bonds. The van der Waals surface area contributed by atoms with Crippen molar-refractivity contribution in [2.24, 2.45) is 11.8 Å². The van der Waals surface area contributed by atoms with Gasteiger partial charge in [0.2, 0.25) is 23.6 Å². The molecular weight excluding hydrogens is 836 g/mol. The zero-order chi connectivity index (χ0) is 45.5. The number of halogens is 1. The average Bonchev–Trinajstić information content (AvgIpc) is 3.57. The van der Waals surface area contributed by atoms with Gasteiger partial charge in [-0.05, 0) is 110 Å². The number of amides is 6. The highest BCUT2D eigenvalue weighted by Gasteiger charge is 2.45. The highest BCUT2D eigenvalue weighted by Crippen LogP contribution is 2.41. The molecule has 0 radical (unpaired) electrons. The SMILES string of the molecule is C[C@@H](C(=O)Nc1ccc(OC2CCN(C(=O)CCOCCOCCNc3cccc4c3C(=O)N(C3CCC(=O)NC3=O)C4=O)CC2)cc1)C1CCC(c2ccnc3ccc(F)cc23)CC1. The molecule has 3 fully saturated rings. The molecule has 3 N–H and O–H groups in total.